The average molecular weight is 383 g/mol. The number of aromatic amines is 1. The van der Waals surface area contributed by atoms with Gasteiger partial charge in [-0.1, -0.05) is 30.7 Å². The SMILES string of the molecule is CCCOc1ccc(C=NNC(=O)c2cc(-c3ccc(Cl)cc3)n[nH]2)cc1. The lowest BCUT2D eigenvalue weighted by molar-refractivity contribution is 0.0950. The maximum Gasteiger partial charge on any atom is 0.289 e. The molecule has 0 aliphatic heterocycles. The molecule has 6 nitrogen and oxygen atoms in total. The molecule has 0 aliphatic rings. The largest absolute Gasteiger partial charge is 0.494 e. The Kier molecular flexibility index (Phi) is 6.22. The lowest BCUT2D eigenvalue weighted by Crippen LogP contribution is -2.17. The zero-order valence-electron chi connectivity index (χ0n) is 14.8. The van der Waals surface area contributed by atoms with Crippen molar-refractivity contribution in [2.45, 2.75) is 13.3 Å². The van der Waals surface area contributed by atoms with Crippen LogP contribution in [0, 0.1) is 0 Å². The van der Waals surface area contributed by atoms with E-state index in [0.717, 1.165) is 23.3 Å². The summed E-state index contributed by atoms with van der Waals surface area (Å²) in [5.74, 6) is 0.437. The molecule has 0 saturated heterocycles. The van der Waals surface area contributed by atoms with Crippen molar-refractivity contribution in [3.05, 3.63) is 70.9 Å². The Balaban J connectivity index is 1.57. The number of amides is 1. The Morgan fingerprint density at radius 2 is 1.96 bits per heavy atom. The first-order valence-corrected chi connectivity index (χ1v) is 8.91. The molecule has 1 amide bonds. The van der Waals surface area contributed by atoms with Gasteiger partial charge in [-0.05, 0) is 54.4 Å². The maximum atomic E-state index is 12.2. The van der Waals surface area contributed by atoms with Gasteiger partial charge in [0, 0.05) is 10.6 Å². The van der Waals surface area contributed by atoms with Crippen LogP contribution in [0.3, 0.4) is 0 Å². The average Bonchev–Trinajstić information content (AvgIpc) is 3.18. The number of nitrogens with zero attached hydrogens (tertiary/aromatic N) is 2. The predicted octanol–water partition coefficient (Wildman–Crippen LogP) is 4.28. The standard InChI is InChI=1S/C20H19ClN4O2/c1-2-11-27-17-9-3-14(4-10-17)13-22-25-20(26)19-12-18(23-24-19)15-5-7-16(21)8-6-15/h3-10,12-13H,2,11H2,1H3,(H,23,24)(H,25,26). The summed E-state index contributed by atoms with van der Waals surface area (Å²) in [5.41, 5.74) is 5.17. The molecule has 0 unspecified atom stereocenters. The molecule has 1 aromatic heterocycles. The van der Waals surface area contributed by atoms with E-state index >= 15 is 0 Å². The number of carbonyl (C=O) groups is 1. The Hall–Kier alpha value is -3.12. The zero-order chi connectivity index (χ0) is 19.1. The first kappa shape index (κ1) is 18.7. The Bertz CT molecular complexity index is 918. The van der Waals surface area contributed by atoms with E-state index in [1.54, 1.807) is 24.4 Å². The van der Waals surface area contributed by atoms with E-state index in [9.17, 15) is 4.79 Å². The van der Waals surface area contributed by atoms with Gasteiger partial charge in [-0.3, -0.25) is 9.89 Å². The van der Waals surface area contributed by atoms with Gasteiger partial charge < -0.3 is 4.74 Å². The molecular formula is C20H19ClN4O2. The van der Waals surface area contributed by atoms with Gasteiger partial charge in [0.1, 0.15) is 11.4 Å². The number of halogens is 1. The molecule has 0 fully saturated rings. The molecule has 3 rings (SSSR count). The quantitative estimate of drug-likeness (QED) is 0.472. The second kappa shape index (κ2) is 9.00. The Morgan fingerprint density at radius 1 is 1.22 bits per heavy atom. The number of hydrogen-bond acceptors (Lipinski definition) is 4. The van der Waals surface area contributed by atoms with Gasteiger partial charge in [-0.2, -0.15) is 10.2 Å². The number of aromatic nitrogens is 2. The molecule has 2 aromatic carbocycles. The normalized spacial score (nSPS) is 10.9. The van der Waals surface area contributed by atoms with Crippen LogP contribution in [-0.2, 0) is 0 Å². The van der Waals surface area contributed by atoms with Gasteiger partial charge in [0.15, 0.2) is 0 Å². The summed E-state index contributed by atoms with van der Waals surface area (Å²) in [5, 5.41) is 11.5. The van der Waals surface area contributed by atoms with E-state index < -0.39 is 0 Å². The van der Waals surface area contributed by atoms with Crippen molar-refractivity contribution in [1.29, 1.82) is 0 Å². The summed E-state index contributed by atoms with van der Waals surface area (Å²) < 4.78 is 5.52. The molecule has 0 bridgehead atoms. The Labute approximate surface area is 162 Å². The number of H-pyrrole nitrogens is 1. The van der Waals surface area contributed by atoms with Crippen LogP contribution >= 0.6 is 11.6 Å². The molecule has 0 atom stereocenters. The Morgan fingerprint density at radius 3 is 2.67 bits per heavy atom. The summed E-state index contributed by atoms with van der Waals surface area (Å²) in [4.78, 5) is 12.2. The van der Waals surface area contributed by atoms with E-state index in [2.05, 4.69) is 27.6 Å². The van der Waals surface area contributed by atoms with E-state index in [4.69, 9.17) is 16.3 Å². The van der Waals surface area contributed by atoms with Crippen LogP contribution in [0.1, 0.15) is 29.4 Å². The van der Waals surface area contributed by atoms with Gasteiger partial charge in [-0.25, -0.2) is 5.43 Å². The minimum atomic E-state index is -0.373. The molecule has 2 N–H and O–H groups in total. The lowest BCUT2D eigenvalue weighted by Gasteiger charge is -2.03. The van der Waals surface area contributed by atoms with E-state index in [1.165, 1.54) is 0 Å². The highest BCUT2D eigenvalue weighted by Gasteiger charge is 2.10. The molecule has 0 saturated carbocycles. The number of ether oxygens (including phenoxy) is 1. The van der Waals surface area contributed by atoms with Crippen LogP contribution in [-0.4, -0.2) is 28.9 Å². The minimum absolute atomic E-state index is 0.320. The molecule has 27 heavy (non-hydrogen) atoms. The van der Waals surface area contributed by atoms with Gasteiger partial charge in [0.2, 0.25) is 0 Å². The van der Waals surface area contributed by atoms with Crippen LogP contribution < -0.4 is 10.2 Å². The van der Waals surface area contributed by atoms with Crippen LogP contribution in [0.5, 0.6) is 5.75 Å². The minimum Gasteiger partial charge on any atom is -0.494 e. The van der Waals surface area contributed by atoms with Crippen molar-refractivity contribution in [2.75, 3.05) is 6.61 Å². The molecule has 3 aromatic rings. The first-order valence-electron chi connectivity index (χ1n) is 8.53. The molecule has 138 valence electrons. The van der Waals surface area contributed by atoms with Crippen LogP contribution in [0.15, 0.2) is 59.7 Å². The summed E-state index contributed by atoms with van der Waals surface area (Å²) in [6, 6.07) is 16.4. The second-order valence-corrected chi connectivity index (χ2v) is 6.23. The van der Waals surface area contributed by atoms with Crippen molar-refractivity contribution in [2.24, 2.45) is 5.10 Å². The summed E-state index contributed by atoms with van der Waals surface area (Å²) >= 11 is 5.88. The van der Waals surface area contributed by atoms with Crippen molar-refractivity contribution >= 4 is 23.7 Å². The fraction of sp³-hybridized carbons (Fsp3) is 0.150. The molecule has 0 radical (unpaired) electrons. The third kappa shape index (κ3) is 5.18. The fourth-order valence-corrected chi connectivity index (χ4v) is 2.43. The highest BCUT2D eigenvalue weighted by atomic mass is 35.5. The third-order valence-electron chi connectivity index (χ3n) is 3.70. The van der Waals surface area contributed by atoms with Gasteiger partial charge in [-0.15, -0.1) is 0 Å². The second-order valence-electron chi connectivity index (χ2n) is 5.79. The molecule has 0 aliphatic carbocycles. The highest BCUT2D eigenvalue weighted by molar-refractivity contribution is 6.30. The van der Waals surface area contributed by atoms with Crippen LogP contribution in [0.25, 0.3) is 11.3 Å². The number of rotatable bonds is 7. The van der Waals surface area contributed by atoms with Crippen LogP contribution in [0.2, 0.25) is 5.02 Å². The number of hydrazone groups is 1. The van der Waals surface area contributed by atoms with Gasteiger partial charge in [0.05, 0.1) is 18.5 Å². The first-order chi connectivity index (χ1) is 13.2. The van der Waals surface area contributed by atoms with Crippen molar-refractivity contribution < 1.29 is 9.53 Å². The summed E-state index contributed by atoms with van der Waals surface area (Å²) in [6.45, 7) is 2.74. The molecular weight excluding hydrogens is 364 g/mol. The zero-order valence-corrected chi connectivity index (χ0v) is 15.5. The lowest BCUT2D eigenvalue weighted by atomic mass is 10.1. The molecule has 7 heteroatoms. The highest BCUT2D eigenvalue weighted by Crippen LogP contribution is 2.20. The predicted molar refractivity (Wildman–Crippen MR) is 106 cm³/mol. The van der Waals surface area contributed by atoms with Crippen LogP contribution in [0.4, 0.5) is 0 Å². The van der Waals surface area contributed by atoms with E-state index in [1.807, 2.05) is 36.4 Å². The number of benzene rings is 2. The maximum absolute atomic E-state index is 12.2. The summed E-state index contributed by atoms with van der Waals surface area (Å²) in [7, 11) is 0. The smallest absolute Gasteiger partial charge is 0.289 e. The number of carbonyl (C=O) groups excluding carboxylic acids is 1. The topological polar surface area (TPSA) is 79.4 Å². The number of nitrogens with one attached hydrogen (secondary N) is 2. The molecule has 1 heterocycles. The van der Waals surface area contributed by atoms with Crippen molar-refractivity contribution in [3.63, 3.8) is 0 Å². The van der Waals surface area contributed by atoms with Crippen molar-refractivity contribution in [3.8, 4) is 17.0 Å². The van der Waals surface area contributed by atoms with E-state index in [-0.39, 0.29) is 5.91 Å². The number of hydrogen-bond donors (Lipinski definition) is 2. The fourth-order valence-electron chi connectivity index (χ4n) is 2.30. The van der Waals surface area contributed by atoms with Gasteiger partial charge in [0.25, 0.3) is 5.91 Å². The molecule has 0 spiro atoms. The van der Waals surface area contributed by atoms with Gasteiger partial charge >= 0.3 is 0 Å². The monoisotopic (exact) mass is 382 g/mol. The summed E-state index contributed by atoms with van der Waals surface area (Å²) in [6.07, 6.45) is 2.53. The van der Waals surface area contributed by atoms with E-state index in [0.29, 0.717) is 23.0 Å². The third-order valence-corrected chi connectivity index (χ3v) is 3.95. The van der Waals surface area contributed by atoms with Crippen molar-refractivity contribution in [1.82, 2.24) is 15.6 Å².